The van der Waals surface area contributed by atoms with Gasteiger partial charge in [0.1, 0.15) is 17.3 Å². The van der Waals surface area contributed by atoms with E-state index >= 15 is 0 Å². The van der Waals surface area contributed by atoms with E-state index in [1.807, 2.05) is 0 Å². The van der Waals surface area contributed by atoms with E-state index < -0.39 is 23.2 Å². The van der Waals surface area contributed by atoms with Crippen LogP contribution in [0.15, 0.2) is 24.5 Å². The van der Waals surface area contributed by atoms with Crippen LogP contribution in [0.25, 0.3) is 0 Å². The average molecular weight is 252 g/mol. The van der Waals surface area contributed by atoms with E-state index in [9.17, 15) is 13.6 Å². The maximum absolute atomic E-state index is 13.2. The Labute approximate surface area is 101 Å². The van der Waals surface area contributed by atoms with Crippen molar-refractivity contribution in [1.29, 1.82) is 0 Å². The highest BCUT2D eigenvalue weighted by atomic mass is 19.1. The number of anilines is 1. The van der Waals surface area contributed by atoms with Gasteiger partial charge in [0.25, 0.3) is 5.91 Å². The first-order chi connectivity index (χ1) is 8.58. The lowest BCUT2D eigenvalue weighted by Crippen LogP contribution is -2.23. The fourth-order valence-electron chi connectivity index (χ4n) is 1.37. The van der Waals surface area contributed by atoms with Crippen LogP contribution in [0.4, 0.5) is 14.5 Å². The van der Waals surface area contributed by atoms with Crippen LogP contribution >= 0.6 is 0 Å². The molecule has 0 fully saturated rings. The number of carbonyl (C=O) groups excluding carboxylic acids is 1. The number of rotatable bonds is 3. The number of nitrogen functional groups attached to an aromatic ring is 1. The first-order valence-corrected chi connectivity index (χ1v) is 5.08. The molecular weight excluding hydrogens is 242 g/mol. The molecule has 94 valence electrons. The summed E-state index contributed by atoms with van der Waals surface area (Å²) >= 11 is 0. The van der Waals surface area contributed by atoms with E-state index in [-0.39, 0.29) is 12.1 Å². The fraction of sp³-hybridized carbons (Fsp3) is 0.0909. The molecule has 0 bridgehead atoms. The maximum Gasteiger partial charge on any atom is 0.251 e. The second-order valence-corrected chi connectivity index (χ2v) is 3.64. The lowest BCUT2D eigenvalue weighted by molar-refractivity contribution is 0.0950. The van der Waals surface area contributed by atoms with Crippen molar-refractivity contribution in [3.63, 3.8) is 0 Å². The van der Waals surface area contributed by atoms with Crippen LogP contribution in [0.5, 0.6) is 0 Å². The molecule has 2 rings (SSSR count). The highest BCUT2D eigenvalue weighted by Gasteiger charge is 2.12. The normalized spacial score (nSPS) is 10.3. The summed E-state index contributed by atoms with van der Waals surface area (Å²) < 4.78 is 26.3. The minimum Gasteiger partial charge on any atom is -0.394 e. The molecule has 0 atom stereocenters. The Balaban J connectivity index is 2.09. The van der Waals surface area contributed by atoms with Crippen LogP contribution in [-0.2, 0) is 6.54 Å². The van der Waals surface area contributed by atoms with Gasteiger partial charge in [0.2, 0.25) is 0 Å². The van der Waals surface area contributed by atoms with E-state index in [0.717, 1.165) is 17.7 Å². The Morgan fingerprint density at radius 3 is 2.61 bits per heavy atom. The van der Waals surface area contributed by atoms with Crippen molar-refractivity contribution in [3.05, 3.63) is 47.3 Å². The third-order valence-corrected chi connectivity index (χ3v) is 2.35. The van der Waals surface area contributed by atoms with Crippen molar-refractivity contribution in [2.75, 3.05) is 5.73 Å². The second-order valence-electron chi connectivity index (χ2n) is 3.64. The molecular formula is C11H10F2N4O. The number of nitrogens with zero attached hydrogens (tertiary/aromatic N) is 1. The number of hydrogen-bond acceptors (Lipinski definition) is 3. The van der Waals surface area contributed by atoms with Crippen LogP contribution in [0.3, 0.4) is 0 Å². The van der Waals surface area contributed by atoms with Crippen molar-refractivity contribution in [3.8, 4) is 0 Å². The number of hydrogen-bond donors (Lipinski definition) is 3. The van der Waals surface area contributed by atoms with E-state index in [1.54, 1.807) is 6.20 Å². The Morgan fingerprint density at radius 1 is 1.39 bits per heavy atom. The Hall–Kier alpha value is -2.44. The van der Waals surface area contributed by atoms with Crippen LogP contribution < -0.4 is 11.1 Å². The van der Waals surface area contributed by atoms with Gasteiger partial charge in [0, 0.05) is 23.9 Å². The van der Waals surface area contributed by atoms with Crippen LogP contribution in [0, 0.1) is 11.6 Å². The number of aromatic amines is 1. The molecule has 0 saturated heterocycles. The Morgan fingerprint density at radius 2 is 2.06 bits per heavy atom. The molecule has 7 heteroatoms. The minimum absolute atomic E-state index is 0.123. The maximum atomic E-state index is 13.2. The molecule has 0 unspecified atom stereocenters. The van der Waals surface area contributed by atoms with E-state index in [2.05, 4.69) is 15.5 Å². The number of amides is 1. The van der Waals surface area contributed by atoms with Gasteiger partial charge in [-0.2, -0.15) is 5.10 Å². The predicted molar refractivity (Wildman–Crippen MR) is 60.5 cm³/mol. The second kappa shape index (κ2) is 4.82. The Bertz CT molecular complexity index is 545. The van der Waals surface area contributed by atoms with Crippen molar-refractivity contribution in [1.82, 2.24) is 15.5 Å². The molecule has 1 amide bonds. The molecule has 0 aliphatic rings. The zero-order valence-electron chi connectivity index (χ0n) is 9.21. The van der Waals surface area contributed by atoms with Gasteiger partial charge < -0.3 is 11.1 Å². The molecule has 1 aromatic heterocycles. The number of nitrogens with two attached hydrogens (primary N) is 1. The molecule has 0 radical (unpaired) electrons. The van der Waals surface area contributed by atoms with Gasteiger partial charge in [-0.15, -0.1) is 0 Å². The highest BCUT2D eigenvalue weighted by Crippen LogP contribution is 2.17. The Kier molecular flexibility index (Phi) is 3.22. The van der Waals surface area contributed by atoms with E-state index in [0.29, 0.717) is 0 Å². The summed E-state index contributed by atoms with van der Waals surface area (Å²) in [6, 6.07) is 1.78. The summed E-state index contributed by atoms with van der Waals surface area (Å²) in [5, 5.41) is 8.78. The molecule has 5 nitrogen and oxygen atoms in total. The molecule has 4 N–H and O–H groups in total. The molecule has 0 saturated carbocycles. The molecule has 1 aromatic carbocycles. The van der Waals surface area contributed by atoms with Gasteiger partial charge in [-0.05, 0) is 12.1 Å². The minimum atomic E-state index is -0.955. The van der Waals surface area contributed by atoms with Gasteiger partial charge in [0.05, 0.1) is 6.20 Å². The number of benzene rings is 1. The summed E-state index contributed by atoms with van der Waals surface area (Å²) in [5.74, 6) is -2.50. The molecule has 1 heterocycles. The number of carbonyl (C=O) groups is 1. The molecule has 18 heavy (non-hydrogen) atoms. The first-order valence-electron chi connectivity index (χ1n) is 5.08. The zero-order valence-corrected chi connectivity index (χ0v) is 9.21. The molecule has 0 spiro atoms. The largest absolute Gasteiger partial charge is 0.394 e. The molecule has 0 aliphatic carbocycles. The third-order valence-electron chi connectivity index (χ3n) is 2.35. The van der Waals surface area contributed by atoms with E-state index in [4.69, 9.17) is 5.73 Å². The summed E-state index contributed by atoms with van der Waals surface area (Å²) in [5.41, 5.74) is 5.14. The van der Waals surface area contributed by atoms with Crippen LogP contribution in [0.1, 0.15) is 15.9 Å². The summed E-state index contributed by atoms with van der Waals surface area (Å²) in [4.78, 5) is 11.6. The summed E-state index contributed by atoms with van der Waals surface area (Å²) in [6.45, 7) is 0.211. The zero-order chi connectivity index (χ0) is 13.1. The van der Waals surface area contributed by atoms with Gasteiger partial charge in [-0.3, -0.25) is 9.89 Å². The van der Waals surface area contributed by atoms with Crippen molar-refractivity contribution >= 4 is 11.6 Å². The van der Waals surface area contributed by atoms with Crippen molar-refractivity contribution < 1.29 is 13.6 Å². The monoisotopic (exact) mass is 252 g/mol. The van der Waals surface area contributed by atoms with Gasteiger partial charge in [-0.1, -0.05) is 0 Å². The van der Waals surface area contributed by atoms with Crippen molar-refractivity contribution in [2.45, 2.75) is 6.54 Å². The lowest BCUT2D eigenvalue weighted by Gasteiger charge is -2.05. The third kappa shape index (κ3) is 2.45. The topological polar surface area (TPSA) is 83.8 Å². The predicted octanol–water partition coefficient (Wildman–Crippen LogP) is 1.20. The van der Waals surface area contributed by atoms with E-state index in [1.165, 1.54) is 6.20 Å². The van der Waals surface area contributed by atoms with Gasteiger partial charge >= 0.3 is 0 Å². The lowest BCUT2D eigenvalue weighted by atomic mass is 10.1. The highest BCUT2D eigenvalue weighted by molar-refractivity contribution is 5.94. The number of nitrogens with one attached hydrogen (secondary N) is 2. The average Bonchev–Trinajstić information content (AvgIpc) is 2.85. The standard InChI is InChI=1S/C11H10F2N4O/c12-8-1-7(2-9(13)10(8)14)11(18)15-3-6-4-16-17-5-6/h1-2,4-5H,3,14H2,(H,15,18)(H,16,17). The number of H-pyrrole nitrogens is 1. The fourth-order valence-corrected chi connectivity index (χ4v) is 1.37. The van der Waals surface area contributed by atoms with Crippen LogP contribution in [-0.4, -0.2) is 16.1 Å². The SMILES string of the molecule is Nc1c(F)cc(C(=O)NCc2cn[nH]c2)cc1F. The smallest absolute Gasteiger partial charge is 0.251 e. The van der Waals surface area contributed by atoms with Gasteiger partial charge in [0.15, 0.2) is 0 Å². The van der Waals surface area contributed by atoms with Gasteiger partial charge in [-0.25, -0.2) is 8.78 Å². The number of aromatic nitrogens is 2. The van der Waals surface area contributed by atoms with Crippen molar-refractivity contribution in [2.24, 2.45) is 0 Å². The summed E-state index contributed by atoms with van der Waals surface area (Å²) in [6.07, 6.45) is 3.13. The first kappa shape index (κ1) is 12.0. The number of halogens is 2. The quantitative estimate of drug-likeness (QED) is 0.718. The molecule has 2 aromatic rings. The summed E-state index contributed by atoms with van der Waals surface area (Å²) in [7, 11) is 0. The molecule has 0 aliphatic heterocycles. The van der Waals surface area contributed by atoms with Crippen LogP contribution in [0.2, 0.25) is 0 Å².